The lowest BCUT2D eigenvalue weighted by molar-refractivity contribution is 0.697. The zero-order valence-electron chi connectivity index (χ0n) is 7.64. The van der Waals surface area contributed by atoms with Crippen LogP contribution in [0.15, 0.2) is 18.6 Å². The van der Waals surface area contributed by atoms with Crippen molar-refractivity contribution in [2.75, 3.05) is 5.73 Å². The van der Waals surface area contributed by atoms with Gasteiger partial charge < -0.3 is 11.5 Å². The van der Waals surface area contributed by atoms with Crippen molar-refractivity contribution < 1.29 is 0 Å². The van der Waals surface area contributed by atoms with Gasteiger partial charge in [0.1, 0.15) is 0 Å². The molecule has 2 heterocycles. The Morgan fingerprint density at radius 1 is 1.29 bits per heavy atom. The normalized spacial score (nSPS) is 18.6. The Labute approximate surface area is 80.8 Å². The Morgan fingerprint density at radius 2 is 2.00 bits per heavy atom. The molecule has 0 radical (unpaired) electrons. The van der Waals surface area contributed by atoms with E-state index in [0.29, 0.717) is 11.5 Å². The fourth-order valence-corrected chi connectivity index (χ4v) is 1.65. The number of hydrogen-bond acceptors (Lipinski definition) is 4. The molecule has 14 heavy (non-hydrogen) atoms. The second-order valence-corrected chi connectivity index (χ2v) is 3.86. The number of aromatic nitrogens is 3. The lowest BCUT2D eigenvalue weighted by Crippen LogP contribution is -2.20. The summed E-state index contributed by atoms with van der Waals surface area (Å²) >= 11 is 0. The van der Waals surface area contributed by atoms with Gasteiger partial charge in [-0.1, -0.05) is 0 Å². The number of imidazole rings is 1. The molecule has 1 saturated carbocycles. The van der Waals surface area contributed by atoms with Gasteiger partial charge in [-0.15, -0.1) is 0 Å². The van der Waals surface area contributed by atoms with Crippen LogP contribution in [0.1, 0.15) is 18.5 Å². The van der Waals surface area contributed by atoms with Gasteiger partial charge in [0.15, 0.2) is 0 Å². The molecule has 0 aromatic carbocycles. The molecule has 0 unspecified atom stereocenters. The number of nitrogens with zero attached hydrogens (tertiary/aromatic N) is 3. The molecule has 0 spiro atoms. The molecule has 0 aliphatic heterocycles. The van der Waals surface area contributed by atoms with E-state index in [1.807, 2.05) is 10.6 Å². The van der Waals surface area contributed by atoms with Gasteiger partial charge in [0.2, 0.25) is 5.78 Å². The van der Waals surface area contributed by atoms with Crippen molar-refractivity contribution in [2.24, 2.45) is 5.73 Å². The van der Waals surface area contributed by atoms with Crippen molar-refractivity contribution >= 4 is 11.5 Å². The molecule has 0 amide bonds. The molecular formula is C9H11N5. The fraction of sp³-hybridized carbons (Fsp3) is 0.333. The smallest absolute Gasteiger partial charge is 0.234 e. The third kappa shape index (κ3) is 0.927. The molecule has 0 bridgehead atoms. The van der Waals surface area contributed by atoms with Gasteiger partial charge in [-0.3, -0.25) is 4.40 Å². The summed E-state index contributed by atoms with van der Waals surface area (Å²) in [7, 11) is 0. The van der Waals surface area contributed by atoms with Gasteiger partial charge in [-0.2, -0.15) is 0 Å². The minimum Gasteiger partial charge on any atom is -0.396 e. The highest BCUT2D eigenvalue weighted by Gasteiger charge is 2.42. The second kappa shape index (κ2) is 2.24. The summed E-state index contributed by atoms with van der Waals surface area (Å²) < 4.78 is 1.88. The Morgan fingerprint density at radius 3 is 2.71 bits per heavy atom. The lowest BCUT2D eigenvalue weighted by atomic mass is 10.2. The van der Waals surface area contributed by atoms with Crippen LogP contribution in [-0.4, -0.2) is 14.4 Å². The monoisotopic (exact) mass is 189 g/mol. The average molecular weight is 189 g/mol. The second-order valence-electron chi connectivity index (χ2n) is 3.86. The molecule has 5 nitrogen and oxygen atoms in total. The maximum absolute atomic E-state index is 6.10. The number of nitrogen functional groups attached to an aromatic ring is 1. The number of hydrogen-bond donors (Lipinski definition) is 2. The summed E-state index contributed by atoms with van der Waals surface area (Å²) in [5.41, 5.74) is 13.2. The maximum Gasteiger partial charge on any atom is 0.234 e. The van der Waals surface area contributed by atoms with Crippen LogP contribution >= 0.6 is 0 Å². The van der Waals surface area contributed by atoms with E-state index in [4.69, 9.17) is 11.5 Å². The fourth-order valence-electron chi connectivity index (χ4n) is 1.65. The molecule has 0 saturated heterocycles. The average Bonchev–Trinajstić information content (AvgIpc) is 2.77. The van der Waals surface area contributed by atoms with E-state index in [9.17, 15) is 0 Å². The van der Waals surface area contributed by atoms with E-state index < -0.39 is 0 Å². The molecule has 4 N–H and O–H groups in total. The van der Waals surface area contributed by atoms with Crippen LogP contribution in [0, 0.1) is 0 Å². The third-order valence-electron chi connectivity index (χ3n) is 2.68. The van der Waals surface area contributed by atoms with Crippen LogP contribution in [0.25, 0.3) is 5.78 Å². The predicted octanol–water partition coefficient (Wildman–Crippen LogP) is 0.259. The van der Waals surface area contributed by atoms with E-state index in [-0.39, 0.29) is 5.54 Å². The van der Waals surface area contributed by atoms with E-state index in [1.54, 1.807) is 12.4 Å². The van der Waals surface area contributed by atoms with Crippen molar-refractivity contribution in [2.45, 2.75) is 18.4 Å². The van der Waals surface area contributed by atoms with Crippen LogP contribution < -0.4 is 11.5 Å². The maximum atomic E-state index is 6.10. The number of anilines is 1. The Bertz CT molecular complexity index is 497. The van der Waals surface area contributed by atoms with Crippen molar-refractivity contribution in [1.82, 2.24) is 14.4 Å². The minimum absolute atomic E-state index is 0.200. The number of nitrogens with two attached hydrogens (primary N) is 2. The van der Waals surface area contributed by atoms with Gasteiger partial charge in [-0.25, -0.2) is 9.97 Å². The van der Waals surface area contributed by atoms with E-state index in [2.05, 4.69) is 9.97 Å². The molecule has 1 aliphatic carbocycles. The van der Waals surface area contributed by atoms with Crippen LogP contribution in [0.4, 0.5) is 5.69 Å². The summed E-state index contributed by atoms with van der Waals surface area (Å²) in [5.74, 6) is 0.658. The van der Waals surface area contributed by atoms with Gasteiger partial charge in [-0.05, 0) is 12.8 Å². The minimum atomic E-state index is -0.200. The molecule has 1 aliphatic rings. The highest BCUT2D eigenvalue weighted by Crippen LogP contribution is 2.42. The van der Waals surface area contributed by atoms with Crippen molar-refractivity contribution in [3.63, 3.8) is 0 Å². The Hall–Kier alpha value is -1.62. The first-order valence-electron chi connectivity index (χ1n) is 4.57. The first-order valence-corrected chi connectivity index (χ1v) is 4.57. The van der Waals surface area contributed by atoms with Crippen LogP contribution in [0.5, 0.6) is 0 Å². The van der Waals surface area contributed by atoms with Gasteiger partial charge in [0.05, 0.1) is 29.3 Å². The first-order chi connectivity index (χ1) is 6.69. The molecule has 2 aromatic heterocycles. The summed E-state index contributed by atoms with van der Waals surface area (Å²) in [4.78, 5) is 8.30. The number of fused-ring (bicyclic) bond motifs is 1. The van der Waals surface area contributed by atoms with Gasteiger partial charge >= 0.3 is 0 Å². The third-order valence-corrected chi connectivity index (χ3v) is 2.68. The van der Waals surface area contributed by atoms with E-state index >= 15 is 0 Å². The van der Waals surface area contributed by atoms with Crippen LogP contribution in [0.2, 0.25) is 0 Å². The van der Waals surface area contributed by atoms with Crippen molar-refractivity contribution in [1.29, 1.82) is 0 Å². The highest BCUT2D eigenvalue weighted by molar-refractivity contribution is 5.43. The van der Waals surface area contributed by atoms with Crippen LogP contribution in [-0.2, 0) is 5.54 Å². The first kappa shape index (κ1) is 7.75. The molecule has 72 valence electrons. The Kier molecular flexibility index (Phi) is 1.24. The highest BCUT2D eigenvalue weighted by atomic mass is 15.1. The summed E-state index contributed by atoms with van der Waals surface area (Å²) in [5, 5.41) is 0. The molecule has 2 aromatic rings. The zero-order chi connectivity index (χ0) is 9.76. The quantitative estimate of drug-likeness (QED) is 0.674. The molecule has 3 rings (SSSR count). The SMILES string of the molecule is Nc1cnc2ncc(C3(N)CC3)n2c1. The molecule has 0 atom stereocenters. The predicted molar refractivity (Wildman–Crippen MR) is 52.5 cm³/mol. The molecule has 1 fully saturated rings. The van der Waals surface area contributed by atoms with Crippen LogP contribution in [0.3, 0.4) is 0 Å². The number of rotatable bonds is 1. The summed E-state index contributed by atoms with van der Waals surface area (Å²) in [6, 6.07) is 0. The van der Waals surface area contributed by atoms with Gasteiger partial charge in [0, 0.05) is 6.20 Å². The Balaban J connectivity index is 2.29. The topological polar surface area (TPSA) is 82.2 Å². The summed E-state index contributed by atoms with van der Waals surface area (Å²) in [6.45, 7) is 0. The van der Waals surface area contributed by atoms with E-state index in [1.165, 1.54) is 0 Å². The largest absolute Gasteiger partial charge is 0.396 e. The summed E-state index contributed by atoms with van der Waals surface area (Å²) in [6.07, 6.45) is 7.22. The molecule has 5 heteroatoms. The van der Waals surface area contributed by atoms with Gasteiger partial charge in [0.25, 0.3) is 0 Å². The molecular weight excluding hydrogens is 178 g/mol. The van der Waals surface area contributed by atoms with Crippen molar-refractivity contribution in [3.05, 3.63) is 24.3 Å². The standard InChI is InChI=1S/C9H11N5/c10-6-3-12-8-13-4-7(14(8)5-6)9(11)1-2-9/h3-5H,1-2,10-11H2. The van der Waals surface area contributed by atoms with Crippen molar-refractivity contribution in [3.8, 4) is 0 Å². The van der Waals surface area contributed by atoms with E-state index in [0.717, 1.165) is 18.5 Å². The lowest BCUT2D eigenvalue weighted by Gasteiger charge is -2.07. The zero-order valence-corrected chi connectivity index (χ0v) is 7.64.